The van der Waals surface area contributed by atoms with E-state index in [2.05, 4.69) is 41.6 Å². The third-order valence-corrected chi connectivity index (χ3v) is 11.9. The number of carboxylic acid groups (broad SMARTS) is 1. The molecule has 46 heavy (non-hydrogen) atoms. The molecule has 3 fully saturated rings. The quantitative estimate of drug-likeness (QED) is 0.219. The fourth-order valence-electron chi connectivity index (χ4n) is 9.13. The predicted octanol–water partition coefficient (Wildman–Crippen LogP) is 4.64. The summed E-state index contributed by atoms with van der Waals surface area (Å²) < 4.78 is 0. The lowest BCUT2D eigenvalue weighted by Gasteiger charge is -2.58. The summed E-state index contributed by atoms with van der Waals surface area (Å²) in [6, 6.07) is 7.02. The Kier molecular flexibility index (Phi) is 9.70. The fourth-order valence-corrected chi connectivity index (χ4v) is 9.13. The number of fused-ring (bicyclic) bond motifs is 5. The van der Waals surface area contributed by atoms with E-state index in [1.165, 1.54) is 5.57 Å². The third kappa shape index (κ3) is 6.33. The zero-order valence-corrected chi connectivity index (χ0v) is 27.6. The first-order chi connectivity index (χ1) is 21.8. The molecule has 0 aliphatic heterocycles. The molecule has 0 aromatic heterocycles. The molecular weight excluding hydrogens is 582 g/mol. The maximum absolute atomic E-state index is 13.1. The SMILES string of the molecule is C#C[C@@]1(O)CCC2C3CCC4=CC(=NOCC(=O)NC(C(=O)NC(Cc5ccccc5)C(=O)O)C(C)C)CC[C@]4(C)C3CC[C@@]21C. The Hall–Kier alpha value is -3.64. The molecule has 1 aromatic rings. The van der Waals surface area contributed by atoms with Crippen molar-refractivity contribution in [3.63, 3.8) is 0 Å². The topological polar surface area (TPSA) is 137 Å². The Morgan fingerprint density at radius 1 is 1.04 bits per heavy atom. The first-order valence-electron chi connectivity index (χ1n) is 16.8. The monoisotopic (exact) mass is 631 g/mol. The second-order valence-electron chi connectivity index (χ2n) is 14.7. The van der Waals surface area contributed by atoms with Crippen LogP contribution in [0.2, 0.25) is 0 Å². The Morgan fingerprint density at radius 3 is 2.43 bits per heavy atom. The predicted molar refractivity (Wildman–Crippen MR) is 175 cm³/mol. The fraction of sp³-hybridized carbons (Fsp3) is 0.622. The number of carboxylic acids is 1. The molecule has 0 heterocycles. The van der Waals surface area contributed by atoms with Crippen LogP contribution in [0.15, 0.2) is 47.1 Å². The van der Waals surface area contributed by atoms with Gasteiger partial charge in [-0.1, -0.05) is 74.7 Å². The van der Waals surface area contributed by atoms with Crippen molar-refractivity contribution in [3.05, 3.63) is 47.5 Å². The lowest BCUT2D eigenvalue weighted by atomic mass is 9.46. The first kappa shape index (κ1) is 33.7. The molecule has 248 valence electrons. The van der Waals surface area contributed by atoms with E-state index < -0.39 is 35.5 Å². The summed E-state index contributed by atoms with van der Waals surface area (Å²) in [7, 11) is 0. The van der Waals surface area contributed by atoms with E-state index in [1.54, 1.807) is 26.0 Å². The molecule has 0 saturated heterocycles. The van der Waals surface area contributed by atoms with Gasteiger partial charge in [-0.2, -0.15) is 0 Å². The zero-order chi connectivity index (χ0) is 33.3. The molecule has 1 aromatic carbocycles. The van der Waals surface area contributed by atoms with Crippen LogP contribution in [-0.2, 0) is 25.6 Å². The van der Waals surface area contributed by atoms with Crippen LogP contribution in [0.4, 0.5) is 0 Å². The average molecular weight is 632 g/mol. The molecule has 8 atom stereocenters. The van der Waals surface area contributed by atoms with Crippen molar-refractivity contribution in [3.8, 4) is 12.3 Å². The van der Waals surface area contributed by atoms with Gasteiger partial charge in [0, 0.05) is 11.8 Å². The highest BCUT2D eigenvalue weighted by Crippen LogP contribution is 2.67. The van der Waals surface area contributed by atoms with Crippen molar-refractivity contribution in [2.75, 3.05) is 6.61 Å². The first-order valence-corrected chi connectivity index (χ1v) is 16.8. The maximum Gasteiger partial charge on any atom is 0.326 e. The Morgan fingerprint density at radius 2 is 1.76 bits per heavy atom. The summed E-state index contributed by atoms with van der Waals surface area (Å²) in [5.74, 6) is 1.81. The number of hydrogen-bond acceptors (Lipinski definition) is 6. The number of benzene rings is 1. The third-order valence-electron chi connectivity index (χ3n) is 11.9. The molecule has 9 heteroatoms. The van der Waals surface area contributed by atoms with Crippen LogP contribution < -0.4 is 10.6 Å². The van der Waals surface area contributed by atoms with Gasteiger partial charge in [-0.15, -0.1) is 6.42 Å². The molecular formula is C37H49N3O6. The lowest BCUT2D eigenvalue weighted by Crippen LogP contribution is -2.54. The molecule has 9 nitrogen and oxygen atoms in total. The molecule has 2 amide bonds. The summed E-state index contributed by atoms with van der Waals surface area (Å²) in [5.41, 5.74) is 1.84. The molecule has 5 unspecified atom stereocenters. The van der Waals surface area contributed by atoms with Gasteiger partial charge in [0.05, 0.1) is 5.71 Å². The van der Waals surface area contributed by atoms with Crippen LogP contribution in [-0.4, -0.2) is 58.0 Å². The summed E-state index contributed by atoms with van der Waals surface area (Å²) >= 11 is 0. The molecule has 0 radical (unpaired) electrons. The number of rotatable bonds is 10. The second kappa shape index (κ2) is 13.2. The molecule has 0 bridgehead atoms. The summed E-state index contributed by atoms with van der Waals surface area (Å²) in [5, 5.41) is 30.5. The summed E-state index contributed by atoms with van der Waals surface area (Å²) in [4.78, 5) is 43.2. The highest BCUT2D eigenvalue weighted by molar-refractivity contribution is 5.96. The number of allylic oxidation sites excluding steroid dienone is 2. The number of oxime groups is 1. The minimum atomic E-state index is -1.15. The van der Waals surface area contributed by atoms with Crippen LogP contribution in [0, 0.1) is 46.8 Å². The minimum absolute atomic E-state index is 0.0731. The highest BCUT2D eigenvalue weighted by Gasteiger charge is 2.63. The van der Waals surface area contributed by atoms with Crippen molar-refractivity contribution in [2.45, 2.75) is 103 Å². The van der Waals surface area contributed by atoms with Crippen LogP contribution in [0.1, 0.15) is 84.6 Å². The van der Waals surface area contributed by atoms with Crippen LogP contribution in [0.5, 0.6) is 0 Å². The van der Waals surface area contributed by atoms with Gasteiger partial charge >= 0.3 is 5.97 Å². The van der Waals surface area contributed by atoms with Crippen LogP contribution in [0.25, 0.3) is 0 Å². The number of nitrogens with one attached hydrogen (secondary N) is 2. The molecule has 4 aliphatic carbocycles. The zero-order valence-electron chi connectivity index (χ0n) is 27.6. The molecule has 4 aliphatic rings. The van der Waals surface area contributed by atoms with Crippen molar-refractivity contribution < 1.29 is 29.4 Å². The van der Waals surface area contributed by atoms with E-state index in [-0.39, 0.29) is 29.8 Å². The maximum atomic E-state index is 13.1. The van der Waals surface area contributed by atoms with Gasteiger partial charge in [-0.25, -0.2) is 4.79 Å². The normalized spacial score (nSPS) is 33.8. The van der Waals surface area contributed by atoms with Crippen molar-refractivity contribution in [1.82, 2.24) is 10.6 Å². The number of amides is 2. The van der Waals surface area contributed by atoms with E-state index in [1.807, 2.05) is 18.2 Å². The second-order valence-corrected chi connectivity index (χ2v) is 14.7. The van der Waals surface area contributed by atoms with E-state index in [0.29, 0.717) is 24.2 Å². The summed E-state index contributed by atoms with van der Waals surface area (Å²) in [6.07, 6.45) is 15.6. The Bertz CT molecular complexity index is 1430. The number of carbonyl (C=O) groups is 3. The van der Waals surface area contributed by atoms with Crippen molar-refractivity contribution >= 4 is 23.5 Å². The van der Waals surface area contributed by atoms with Gasteiger partial charge in [0.1, 0.15) is 17.7 Å². The Labute approximate surface area is 272 Å². The minimum Gasteiger partial charge on any atom is -0.480 e. The number of hydrogen-bond donors (Lipinski definition) is 4. The smallest absolute Gasteiger partial charge is 0.326 e. The number of aliphatic carboxylic acids is 1. The standard InChI is InChI=1S/C37H49N3O6/c1-6-37(45)19-16-29-27-13-12-25-21-26(14-17-35(25,4)28(27)15-18-36(29,37)5)40-46-22-31(41)39-32(23(2)3)33(42)38-30(34(43)44)20-24-10-8-7-9-11-24/h1,7-11,21,23,27-30,32,45H,12-20,22H2,2-5H3,(H,38,42)(H,39,41)(H,43,44)/t27?,28?,29?,30?,32?,35-,36-,37+/m0/s1. The van der Waals surface area contributed by atoms with Gasteiger partial charge in [-0.3, -0.25) is 9.59 Å². The van der Waals surface area contributed by atoms with E-state index >= 15 is 0 Å². The molecule has 0 spiro atoms. The number of carbonyl (C=O) groups excluding carboxylic acids is 2. The number of terminal acetylenes is 1. The average Bonchev–Trinajstić information content (AvgIpc) is 3.30. The molecule has 3 saturated carbocycles. The van der Waals surface area contributed by atoms with E-state index in [9.17, 15) is 24.6 Å². The number of nitrogens with zero attached hydrogens (tertiary/aromatic N) is 1. The molecule has 4 N–H and O–H groups in total. The molecule has 5 rings (SSSR count). The van der Waals surface area contributed by atoms with Gasteiger partial charge in [0.25, 0.3) is 5.91 Å². The van der Waals surface area contributed by atoms with E-state index in [0.717, 1.165) is 56.2 Å². The van der Waals surface area contributed by atoms with Gasteiger partial charge in [-0.05, 0) is 92.1 Å². The highest BCUT2D eigenvalue weighted by atomic mass is 16.6. The van der Waals surface area contributed by atoms with Gasteiger partial charge in [0.15, 0.2) is 6.61 Å². The van der Waals surface area contributed by atoms with Crippen LogP contribution >= 0.6 is 0 Å². The Balaban J connectivity index is 1.16. The van der Waals surface area contributed by atoms with Crippen molar-refractivity contribution in [1.29, 1.82) is 0 Å². The largest absolute Gasteiger partial charge is 0.480 e. The van der Waals surface area contributed by atoms with Gasteiger partial charge in [0.2, 0.25) is 5.91 Å². The number of aliphatic hydroxyl groups is 1. The van der Waals surface area contributed by atoms with Crippen molar-refractivity contribution in [2.24, 2.45) is 39.7 Å². The summed E-state index contributed by atoms with van der Waals surface area (Å²) in [6.45, 7) is 7.82. The van der Waals surface area contributed by atoms with Crippen LogP contribution in [0.3, 0.4) is 0 Å². The van der Waals surface area contributed by atoms with E-state index in [4.69, 9.17) is 11.3 Å². The lowest BCUT2D eigenvalue weighted by molar-refractivity contribution is -0.142. The van der Waals surface area contributed by atoms with Gasteiger partial charge < -0.3 is 25.7 Å².